The Morgan fingerprint density at radius 3 is 2.39 bits per heavy atom. The highest BCUT2D eigenvalue weighted by Crippen LogP contribution is 2.55. The van der Waals surface area contributed by atoms with E-state index in [2.05, 4.69) is 25.8 Å². The third-order valence-electron chi connectivity index (χ3n) is 7.85. The molecule has 2 aromatic heterocycles. The first-order valence-electron chi connectivity index (χ1n) is 12.6. The molecule has 2 N–H and O–H groups in total. The normalized spacial score (nSPS) is 25.4. The highest BCUT2D eigenvalue weighted by Gasteiger charge is 2.51. The van der Waals surface area contributed by atoms with Gasteiger partial charge in [-0.15, -0.1) is 5.10 Å². The number of anilines is 2. The summed E-state index contributed by atoms with van der Waals surface area (Å²) in [7, 11) is 0. The van der Waals surface area contributed by atoms with E-state index >= 15 is 0 Å². The zero-order valence-corrected chi connectivity index (χ0v) is 22.9. The molecule has 12 heteroatoms. The minimum atomic E-state index is -0.712. The Hall–Kier alpha value is -2.82. The van der Waals surface area contributed by atoms with Crippen LogP contribution < -0.4 is 10.6 Å². The fourth-order valence-electron chi connectivity index (χ4n) is 6.70. The summed E-state index contributed by atoms with van der Waals surface area (Å²) in [6.45, 7) is 1.67. The summed E-state index contributed by atoms with van der Waals surface area (Å²) < 4.78 is 5.63. The number of Topliss-reactive ketones (excluding diaryl/α,β-unsaturated/α-hetero) is 2. The number of halogens is 2. The first-order chi connectivity index (χ1) is 18.2. The van der Waals surface area contributed by atoms with Crippen molar-refractivity contribution in [1.29, 1.82) is 0 Å². The zero-order chi connectivity index (χ0) is 26.6. The number of aryl methyl sites for hydroxylation is 1. The molecule has 0 aliphatic heterocycles. The first-order valence-corrected chi connectivity index (χ1v) is 14.2. The van der Waals surface area contributed by atoms with Gasteiger partial charge in [-0.2, -0.15) is 0 Å². The van der Waals surface area contributed by atoms with Crippen LogP contribution in [0.15, 0.2) is 22.6 Å². The molecular formula is C26H25Cl2N5O4S. The van der Waals surface area contributed by atoms with E-state index in [0.717, 1.165) is 30.6 Å². The number of ketones is 2. The lowest BCUT2D eigenvalue weighted by Crippen LogP contribution is -2.60. The second kappa shape index (κ2) is 9.73. The van der Waals surface area contributed by atoms with Crippen molar-refractivity contribution in [1.82, 2.24) is 20.5 Å². The van der Waals surface area contributed by atoms with E-state index < -0.39 is 23.9 Å². The fourth-order valence-corrected chi connectivity index (χ4v) is 7.89. The molecule has 4 saturated carbocycles. The van der Waals surface area contributed by atoms with Crippen LogP contribution in [0.3, 0.4) is 0 Å². The van der Waals surface area contributed by atoms with Crippen LogP contribution in [0.4, 0.5) is 11.1 Å². The summed E-state index contributed by atoms with van der Waals surface area (Å²) in [6.07, 6.45) is 6.05. The Kier molecular flexibility index (Phi) is 6.52. The van der Waals surface area contributed by atoms with Crippen molar-refractivity contribution in [3.8, 4) is 11.5 Å². The first kappa shape index (κ1) is 25.5. The van der Waals surface area contributed by atoms with E-state index in [-0.39, 0.29) is 17.4 Å². The molecule has 38 heavy (non-hydrogen) atoms. The molecule has 1 aromatic carbocycles. The highest BCUT2D eigenvalue weighted by atomic mass is 35.5. The molecular weight excluding hydrogens is 549 g/mol. The molecule has 9 nitrogen and oxygen atoms in total. The van der Waals surface area contributed by atoms with Gasteiger partial charge in [-0.3, -0.25) is 19.7 Å². The number of thiazole rings is 1. The number of carbonyl (C=O) groups is 3. The summed E-state index contributed by atoms with van der Waals surface area (Å²) in [6, 6.07) is 5.02. The number of benzene rings is 1. The average molecular weight is 574 g/mol. The Balaban J connectivity index is 1.08. The van der Waals surface area contributed by atoms with Gasteiger partial charge in [0.2, 0.25) is 11.7 Å². The lowest BCUT2D eigenvalue weighted by atomic mass is 9.53. The van der Waals surface area contributed by atoms with Crippen LogP contribution >= 0.6 is 34.5 Å². The van der Waals surface area contributed by atoms with Crippen LogP contribution in [-0.4, -0.2) is 38.2 Å². The summed E-state index contributed by atoms with van der Waals surface area (Å²) in [5.41, 5.74) is 0.764. The molecule has 0 spiro atoms. The Morgan fingerprint density at radius 2 is 1.74 bits per heavy atom. The van der Waals surface area contributed by atoms with Gasteiger partial charge in [-0.1, -0.05) is 39.6 Å². The zero-order valence-electron chi connectivity index (χ0n) is 20.6. The van der Waals surface area contributed by atoms with Crippen LogP contribution in [0.1, 0.15) is 60.3 Å². The van der Waals surface area contributed by atoms with Crippen LogP contribution in [-0.2, 0) is 9.59 Å². The molecule has 4 aliphatic rings. The minimum absolute atomic E-state index is 0.0739. The molecule has 0 unspecified atom stereocenters. The quantitative estimate of drug-likeness (QED) is 0.197. The number of rotatable bonds is 8. The predicted molar refractivity (Wildman–Crippen MR) is 143 cm³/mol. The van der Waals surface area contributed by atoms with Gasteiger partial charge in [-0.25, -0.2) is 4.98 Å². The Morgan fingerprint density at radius 1 is 1.05 bits per heavy atom. The minimum Gasteiger partial charge on any atom is -0.403 e. The second-order valence-electron chi connectivity index (χ2n) is 10.8. The summed E-state index contributed by atoms with van der Waals surface area (Å²) in [4.78, 5) is 43.1. The number of nitrogens with one attached hydrogen (secondary N) is 2. The topological polar surface area (TPSA) is 127 Å². The molecule has 4 bridgehead atoms. The highest BCUT2D eigenvalue weighted by molar-refractivity contribution is 7.17. The van der Waals surface area contributed by atoms with Gasteiger partial charge >= 0.3 is 6.01 Å². The molecule has 0 radical (unpaired) electrons. The van der Waals surface area contributed by atoms with E-state index in [9.17, 15) is 14.4 Å². The van der Waals surface area contributed by atoms with Crippen molar-refractivity contribution in [2.24, 2.45) is 17.8 Å². The molecule has 1 amide bonds. The number of nitrogens with zero attached hydrogens (tertiary/aromatic N) is 3. The van der Waals surface area contributed by atoms with Gasteiger partial charge in [0, 0.05) is 11.1 Å². The number of hydrogen-bond donors (Lipinski definition) is 2. The lowest BCUT2D eigenvalue weighted by Gasteiger charge is -2.56. The van der Waals surface area contributed by atoms with Crippen molar-refractivity contribution in [2.45, 2.75) is 57.4 Å². The predicted octanol–water partition coefficient (Wildman–Crippen LogP) is 5.78. The van der Waals surface area contributed by atoms with E-state index in [1.807, 2.05) is 0 Å². The summed E-state index contributed by atoms with van der Waals surface area (Å²) in [5, 5.41) is 15.0. The smallest absolute Gasteiger partial charge is 0.322 e. The maximum absolute atomic E-state index is 12.9. The van der Waals surface area contributed by atoms with Gasteiger partial charge in [0.25, 0.3) is 5.91 Å². The standard InChI is InChI=1S/C26H25Cl2N5O4S/c1-12-21(38-25(29-12)30-24-33-32-23(37-24)16-2-3-17(27)18(28)7-16)19(34)8-20(35)22(36)31-26-9-13-4-14(10-26)6-15(5-13)11-26/h2-3,7,13-15H,4-6,8-11H2,1H3,(H,31,36)(H,29,30,33). The van der Waals surface area contributed by atoms with Crippen LogP contribution in [0.2, 0.25) is 10.0 Å². The third kappa shape index (κ3) is 4.97. The van der Waals surface area contributed by atoms with Gasteiger partial charge in [0.1, 0.15) is 0 Å². The molecule has 3 aromatic rings. The molecule has 198 valence electrons. The molecule has 4 aliphatic carbocycles. The van der Waals surface area contributed by atoms with Crippen molar-refractivity contribution >= 4 is 63.2 Å². The molecule has 2 heterocycles. The van der Waals surface area contributed by atoms with Gasteiger partial charge in [0.05, 0.1) is 27.0 Å². The van der Waals surface area contributed by atoms with Gasteiger partial charge in [-0.05, 0) is 81.4 Å². The second-order valence-corrected chi connectivity index (χ2v) is 12.6. The summed E-state index contributed by atoms with van der Waals surface area (Å²) in [5.74, 6) is 0.346. The lowest BCUT2D eigenvalue weighted by molar-refractivity contribution is -0.141. The van der Waals surface area contributed by atoms with Crippen molar-refractivity contribution < 1.29 is 18.8 Å². The van der Waals surface area contributed by atoms with Crippen LogP contribution in [0.5, 0.6) is 0 Å². The molecule has 4 fully saturated rings. The Bertz CT molecular complexity index is 1420. The SMILES string of the molecule is Cc1nc(Nc2nnc(-c3ccc(Cl)c(Cl)c3)o2)sc1C(=O)CC(=O)C(=O)NC12CC3CC(CC(C3)C1)C2. The number of amides is 1. The molecule has 7 rings (SSSR count). The van der Waals surface area contributed by atoms with Crippen molar-refractivity contribution in [2.75, 3.05) is 5.32 Å². The van der Waals surface area contributed by atoms with Crippen LogP contribution in [0, 0.1) is 24.7 Å². The third-order valence-corrected chi connectivity index (χ3v) is 9.70. The van der Waals surface area contributed by atoms with E-state index in [1.54, 1.807) is 25.1 Å². The monoisotopic (exact) mass is 573 g/mol. The molecule has 0 saturated heterocycles. The van der Waals surface area contributed by atoms with Crippen molar-refractivity contribution in [3.05, 3.63) is 38.8 Å². The van der Waals surface area contributed by atoms with E-state index in [1.165, 1.54) is 19.3 Å². The van der Waals surface area contributed by atoms with E-state index in [4.69, 9.17) is 27.6 Å². The van der Waals surface area contributed by atoms with Crippen LogP contribution in [0.25, 0.3) is 11.5 Å². The van der Waals surface area contributed by atoms with Crippen molar-refractivity contribution in [3.63, 3.8) is 0 Å². The number of aromatic nitrogens is 3. The maximum Gasteiger partial charge on any atom is 0.322 e. The summed E-state index contributed by atoms with van der Waals surface area (Å²) >= 11 is 13.1. The van der Waals surface area contributed by atoms with Gasteiger partial charge in [0.15, 0.2) is 10.9 Å². The Labute approximate surface area is 232 Å². The molecule has 0 atom stereocenters. The van der Waals surface area contributed by atoms with E-state index in [0.29, 0.717) is 49.1 Å². The average Bonchev–Trinajstić information content (AvgIpc) is 3.46. The maximum atomic E-state index is 12.9. The fraction of sp³-hybridized carbons (Fsp3) is 0.462. The number of carbonyl (C=O) groups excluding carboxylic acids is 3. The van der Waals surface area contributed by atoms with Gasteiger partial charge < -0.3 is 9.73 Å². The largest absolute Gasteiger partial charge is 0.403 e. The number of hydrogen-bond acceptors (Lipinski definition) is 9.